The Balaban J connectivity index is 2.56. The maximum atomic E-state index is 3.63. The Morgan fingerprint density at radius 3 is 2.24 bits per heavy atom. The molecule has 0 amide bonds. The van der Waals surface area contributed by atoms with Gasteiger partial charge in [0.25, 0.3) is 0 Å². The van der Waals surface area contributed by atoms with Crippen LogP contribution in [-0.4, -0.2) is 31.1 Å². The minimum absolute atomic E-state index is 0.462. The molecule has 0 heterocycles. The number of nitrogens with zero attached hydrogens (tertiary/aromatic N) is 1. The number of aryl methyl sites for hydroxylation is 1. The summed E-state index contributed by atoms with van der Waals surface area (Å²) in [5.41, 5.74) is 2.74. The van der Waals surface area contributed by atoms with E-state index in [0.717, 1.165) is 25.4 Å². The quantitative estimate of drug-likeness (QED) is 0.725. The molecule has 0 aliphatic carbocycles. The Morgan fingerprint density at radius 1 is 1.10 bits per heavy atom. The molecule has 1 aromatic rings. The fourth-order valence-corrected chi connectivity index (χ4v) is 2.85. The molecule has 0 aliphatic rings. The normalized spacial score (nSPS) is 14.7. The van der Waals surface area contributed by atoms with Gasteiger partial charge in [-0.1, -0.05) is 50.6 Å². The standard InChI is InChI=1S/C19H34N2/c1-7-20-19(18-10-8-16(4)9-11-18)12-13-21(6)17(5)14-15(2)3/h8-11,15,17,19-20H,7,12-14H2,1-6H3. The van der Waals surface area contributed by atoms with Gasteiger partial charge in [0, 0.05) is 12.1 Å². The Kier molecular flexibility index (Phi) is 7.98. The van der Waals surface area contributed by atoms with Crippen LogP contribution in [0.3, 0.4) is 0 Å². The van der Waals surface area contributed by atoms with Crippen molar-refractivity contribution in [3.63, 3.8) is 0 Å². The molecule has 0 saturated heterocycles. The highest BCUT2D eigenvalue weighted by atomic mass is 15.1. The van der Waals surface area contributed by atoms with E-state index in [4.69, 9.17) is 0 Å². The zero-order chi connectivity index (χ0) is 15.8. The summed E-state index contributed by atoms with van der Waals surface area (Å²) in [6.45, 7) is 13.4. The molecule has 0 saturated carbocycles. The monoisotopic (exact) mass is 290 g/mol. The molecule has 120 valence electrons. The second-order valence-electron chi connectivity index (χ2n) is 6.77. The van der Waals surface area contributed by atoms with Crippen molar-refractivity contribution >= 4 is 0 Å². The number of nitrogens with one attached hydrogen (secondary N) is 1. The summed E-state index contributed by atoms with van der Waals surface area (Å²) in [5, 5.41) is 3.63. The first-order valence-electron chi connectivity index (χ1n) is 8.44. The second-order valence-corrected chi connectivity index (χ2v) is 6.77. The summed E-state index contributed by atoms with van der Waals surface area (Å²) in [5.74, 6) is 0.768. The summed E-state index contributed by atoms with van der Waals surface area (Å²) >= 11 is 0. The van der Waals surface area contributed by atoms with Crippen molar-refractivity contribution in [1.82, 2.24) is 10.2 Å². The fourth-order valence-electron chi connectivity index (χ4n) is 2.85. The molecule has 0 radical (unpaired) electrons. The molecule has 1 aromatic carbocycles. The Labute approximate surface area is 131 Å². The van der Waals surface area contributed by atoms with Gasteiger partial charge in [-0.05, 0) is 58.3 Å². The van der Waals surface area contributed by atoms with Gasteiger partial charge in [0.2, 0.25) is 0 Å². The summed E-state index contributed by atoms with van der Waals surface area (Å²) in [6.07, 6.45) is 2.43. The van der Waals surface area contributed by atoms with Crippen molar-refractivity contribution in [1.29, 1.82) is 0 Å². The minimum Gasteiger partial charge on any atom is -0.310 e. The predicted molar refractivity (Wildman–Crippen MR) is 93.8 cm³/mol. The van der Waals surface area contributed by atoms with E-state index in [1.165, 1.54) is 17.5 Å². The van der Waals surface area contributed by atoms with Crippen LogP contribution in [0.4, 0.5) is 0 Å². The summed E-state index contributed by atoms with van der Waals surface area (Å²) < 4.78 is 0. The largest absolute Gasteiger partial charge is 0.310 e. The lowest BCUT2D eigenvalue weighted by atomic mass is 10.0. The summed E-state index contributed by atoms with van der Waals surface area (Å²) in [7, 11) is 2.26. The number of benzene rings is 1. The third kappa shape index (κ3) is 6.62. The van der Waals surface area contributed by atoms with Crippen molar-refractivity contribution in [3.8, 4) is 0 Å². The van der Waals surface area contributed by atoms with Gasteiger partial charge in [-0.2, -0.15) is 0 Å². The molecule has 2 unspecified atom stereocenters. The van der Waals surface area contributed by atoms with Crippen LogP contribution in [0, 0.1) is 12.8 Å². The van der Waals surface area contributed by atoms with Crippen LogP contribution in [0.5, 0.6) is 0 Å². The van der Waals surface area contributed by atoms with Crippen LogP contribution in [0.2, 0.25) is 0 Å². The highest BCUT2D eigenvalue weighted by Crippen LogP contribution is 2.19. The SMILES string of the molecule is CCNC(CCN(C)C(C)CC(C)C)c1ccc(C)cc1. The topological polar surface area (TPSA) is 15.3 Å². The molecule has 0 fully saturated rings. The molecular weight excluding hydrogens is 256 g/mol. The zero-order valence-electron chi connectivity index (χ0n) is 14.8. The van der Waals surface area contributed by atoms with E-state index in [2.05, 4.69) is 76.1 Å². The first-order chi connectivity index (χ1) is 9.93. The number of hydrogen-bond donors (Lipinski definition) is 1. The van der Waals surface area contributed by atoms with Gasteiger partial charge in [0.05, 0.1) is 0 Å². The maximum Gasteiger partial charge on any atom is 0.0332 e. The first-order valence-corrected chi connectivity index (χ1v) is 8.44. The number of hydrogen-bond acceptors (Lipinski definition) is 2. The molecule has 2 atom stereocenters. The van der Waals surface area contributed by atoms with E-state index in [-0.39, 0.29) is 0 Å². The van der Waals surface area contributed by atoms with E-state index >= 15 is 0 Å². The van der Waals surface area contributed by atoms with E-state index in [1.54, 1.807) is 0 Å². The van der Waals surface area contributed by atoms with E-state index < -0.39 is 0 Å². The highest BCUT2D eigenvalue weighted by molar-refractivity contribution is 5.24. The lowest BCUT2D eigenvalue weighted by Gasteiger charge is -2.28. The molecule has 0 bridgehead atoms. The Bertz CT molecular complexity index is 383. The molecule has 0 aromatic heterocycles. The van der Waals surface area contributed by atoms with Gasteiger partial charge >= 0.3 is 0 Å². The van der Waals surface area contributed by atoms with Crippen molar-refractivity contribution in [3.05, 3.63) is 35.4 Å². The zero-order valence-corrected chi connectivity index (χ0v) is 14.8. The van der Waals surface area contributed by atoms with Gasteiger partial charge in [0.15, 0.2) is 0 Å². The van der Waals surface area contributed by atoms with Crippen LogP contribution in [0.25, 0.3) is 0 Å². The molecule has 0 aliphatic heterocycles. The Hall–Kier alpha value is -0.860. The Morgan fingerprint density at radius 2 is 1.71 bits per heavy atom. The smallest absolute Gasteiger partial charge is 0.0332 e. The average Bonchev–Trinajstić information content (AvgIpc) is 2.43. The van der Waals surface area contributed by atoms with E-state index in [1.807, 2.05) is 0 Å². The molecular formula is C19H34N2. The van der Waals surface area contributed by atoms with E-state index in [9.17, 15) is 0 Å². The van der Waals surface area contributed by atoms with Gasteiger partial charge in [-0.15, -0.1) is 0 Å². The lowest BCUT2D eigenvalue weighted by molar-refractivity contribution is 0.217. The van der Waals surface area contributed by atoms with Crippen molar-refractivity contribution in [2.75, 3.05) is 20.1 Å². The van der Waals surface area contributed by atoms with Crippen molar-refractivity contribution < 1.29 is 0 Å². The lowest BCUT2D eigenvalue weighted by Crippen LogP contribution is -2.33. The molecule has 1 rings (SSSR count). The van der Waals surface area contributed by atoms with Crippen LogP contribution in [-0.2, 0) is 0 Å². The highest BCUT2D eigenvalue weighted by Gasteiger charge is 2.15. The first kappa shape index (κ1) is 18.2. The predicted octanol–water partition coefficient (Wildman–Crippen LogP) is 4.40. The number of rotatable bonds is 9. The van der Waals surface area contributed by atoms with Crippen molar-refractivity contribution in [2.24, 2.45) is 5.92 Å². The maximum absolute atomic E-state index is 3.63. The fraction of sp³-hybridized carbons (Fsp3) is 0.684. The molecule has 1 N–H and O–H groups in total. The summed E-state index contributed by atoms with van der Waals surface area (Å²) in [4.78, 5) is 2.50. The molecule has 21 heavy (non-hydrogen) atoms. The van der Waals surface area contributed by atoms with Gasteiger partial charge in [0.1, 0.15) is 0 Å². The molecule has 2 nitrogen and oxygen atoms in total. The second kappa shape index (κ2) is 9.22. The molecule has 0 spiro atoms. The van der Waals surface area contributed by atoms with E-state index in [0.29, 0.717) is 12.1 Å². The summed E-state index contributed by atoms with van der Waals surface area (Å²) in [6, 6.07) is 10.1. The van der Waals surface area contributed by atoms with Crippen LogP contribution >= 0.6 is 0 Å². The van der Waals surface area contributed by atoms with Crippen molar-refractivity contribution in [2.45, 2.75) is 59.5 Å². The van der Waals surface area contributed by atoms with Crippen LogP contribution in [0.1, 0.15) is 57.7 Å². The van der Waals surface area contributed by atoms with Crippen LogP contribution < -0.4 is 5.32 Å². The third-order valence-corrected chi connectivity index (χ3v) is 4.27. The minimum atomic E-state index is 0.462. The van der Waals surface area contributed by atoms with Crippen LogP contribution in [0.15, 0.2) is 24.3 Å². The molecule has 2 heteroatoms. The third-order valence-electron chi connectivity index (χ3n) is 4.27. The van der Waals surface area contributed by atoms with Gasteiger partial charge in [-0.3, -0.25) is 0 Å². The van der Waals surface area contributed by atoms with Gasteiger partial charge < -0.3 is 10.2 Å². The van der Waals surface area contributed by atoms with Gasteiger partial charge in [-0.25, -0.2) is 0 Å². The average molecular weight is 290 g/mol.